The van der Waals surface area contributed by atoms with Gasteiger partial charge in [-0.15, -0.1) is 0 Å². The Kier molecular flexibility index (Phi) is 4.09. The Bertz CT molecular complexity index is 700. The molecule has 0 saturated carbocycles. The number of aromatic nitrogens is 1. The third-order valence-electron chi connectivity index (χ3n) is 3.84. The molecule has 0 atom stereocenters. The fourth-order valence-corrected chi connectivity index (χ4v) is 2.72. The molecule has 1 N–H and O–H groups in total. The van der Waals surface area contributed by atoms with Crippen LogP contribution >= 0.6 is 0 Å². The maximum absolute atomic E-state index is 12.2. The molecule has 0 unspecified atom stereocenters. The third kappa shape index (κ3) is 3.10. The number of carbonyl (C=O) groups is 2. The lowest BCUT2D eigenvalue weighted by Crippen LogP contribution is -2.40. The lowest BCUT2D eigenvalue weighted by Gasteiger charge is -2.19. The minimum Gasteiger partial charge on any atom is -0.441 e. The highest BCUT2D eigenvalue weighted by molar-refractivity contribution is 6.39. The van der Waals surface area contributed by atoms with Gasteiger partial charge < -0.3 is 14.6 Å². The van der Waals surface area contributed by atoms with Crippen molar-refractivity contribution in [2.24, 2.45) is 0 Å². The summed E-state index contributed by atoms with van der Waals surface area (Å²) in [5, 5.41) is 2.64. The van der Waals surface area contributed by atoms with E-state index in [0.717, 1.165) is 31.2 Å². The number of likely N-dealkylation sites (tertiary alicyclic amines) is 1. The van der Waals surface area contributed by atoms with Crippen molar-refractivity contribution in [3.8, 4) is 0 Å². The molecule has 3 rings (SSSR count). The molecule has 2 aromatic rings. The molecule has 116 valence electrons. The Labute approximate surface area is 128 Å². The molecule has 2 heterocycles. The van der Waals surface area contributed by atoms with E-state index in [4.69, 9.17) is 4.42 Å². The monoisotopic (exact) mass is 301 g/mol. The van der Waals surface area contributed by atoms with Crippen molar-refractivity contribution < 1.29 is 14.0 Å². The minimum absolute atomic E-state index is 0.462. The van der Waals surface area contributed by atoms with Crippen molar-refractivity contribution in [1.29, 1.82) is 0 Å². The van der Waals surface area contributed by atoms with E-state index in [1.54, 1.807) is 30.0 Å². The van der Waals surface area contributed by atoms with Crippen molar-refractivity contribution in [1.82, 2.24) is 9.88 Å². The summed E-state index contributed by atoms with van der Waals surface area (Å²) in [4.78, 5) is 30.2. The molecule has 6 nitrogen and oxygen atoms in total. The van der Waals surface area contributed by atoms with Gasteiger partial charge >= 0.3 is 11.8 Å². The summed E-state index contributed by atoms with van der Waals surface area (Å²) in [5.41, 5.74) is 1.86. The van der Waals surface area contributed by atoms with Crippen molar-refractivity contribution in [2.75, 3.05) is 18.4 Å². The van der Waals surface area contributed by atoms with Crippen LogP contribution in [0.4, 0.5) is 5.69 Å². The largest absolute Gasteiger partial charge is 0.441 e. The SMILES string of the molecule is Cc1nc2ccc(NC(=O)C(=O)N3CCCCCC3)cc2o1. The van der Waals surface area contributed by atoms with Gasteiger partial charge in [-0.2, -0.15) is 0 Å². The first-order chi connectivity index (χ1) is 10.6. The molecule has 1 saturated heterocycles. The van der Waals surface area contributed by atoms with Crippen LogP contribution < -0.4 is 5.32 Å². The van der Waals surface area contributed by atoms with E-state index in [0.29, 0.717) is 30.3 Å². The number of amides is 2. The van der Waals surface area contributed by atoms with Crippen LogP contribution in [0.25, 0.3) is 11.1 Å². The van der Waals surface area contributed by atoms with E-state index in [2.05, 4.69) is 10.3 Å². The fraction of sp³-hybridized carbons (Fsp3) is 0.438. The number of fused-ring (bicyclic) bond motifs is 1. The van der Waals surface area contributed by atoms with Crippen molar-refractivity contribution in [3.63, 3.8) is 0 Å². The molecule has 1 aliphatic rings. The Balaban J connectivity index is 1.70. The first-order valence-corrected chi connectivity index (χ1v) is 7.61. The number of hydrogen-bond acceptors (Lipinski definition) is 4. The van der Waals surface area contributed by atoms with Gasteiger partial charge in [0.15, 0.2) is 11.5 Å². The number of benzene rings is 1. The van der Waals surface area contributed by atoms with Gasteiger partial charge in [-0.05, 0) is 25.0 Å². The normalized spacial score (nSPS) is 15.6. The number of rotatable bonds is 1. The molecule has 1 aliphatic heterocycles. The van der Waals surface area contributed by atoms with E-state index < -0.39 is 11.8 Å². The summed E-state index contributed by atoms with van der Waals surface area (Å²) in [7, 11) is 0. The Hall–Kier alpha value is -2.37. The highest BCUT2D eigenvalue weighted by Crippen LogP contribution is 2.20. The number of carbonyl (C=O) groups excluding carboxylic acids is 2. The van der Waals surface area contributed by atoms with Gasteiger partial charge in [0.25, 0.3) is 0 Å². The first-order valence-electron chi connectivity index (χ1n) is 7.61. The molecule has 1 fully saturated rings. The predicted molar refractivity (Wildman–Crippen MR) is 82.4 cm³/mol. The standard InChI is InChI=1S/C16H19N3O3/c1-11-17-13-7-6-12(10-14(13)22-11)18-15(20)16(21)19-8-4-2-3-5-9-19/h6-7,10H,2-5,8-9H2,1H3,(H,18,20). The minimum atomic E-state index is -0.600. The van der Waals surface area contributed by atoms with Crippen LogP contribution in [0.5, 0.6) is 0 Å². The number of aryl methyl sites for hydroxylation is 1. The average molecular weight is 301 g/mol. The second kappa shape index (κ2) is 6.17. The summed E-state index contributed by atoms with van der Waals surface area (Å²) in [6, 6.07) is 5.17. The molecule has 1 aromatic heterocycles. The topological polar surface area (TPSA) is 75.4 Å². The van der Waals surface area contributed by atoms with Crippen LogP contribution in [-0.4, -0.2) is 34.8 Å². The maximum Gasteiger partial charge on any atom is 0.313 e. The first kappa shape index (κ1) is 14.6. The molecular formula is C16H19N3O3. The predicted octanol–water partition coefficient (Wildman–Crippen LogP) is 2.48. The van der Waals surface area contributed by atoms with Crippen LogP contribution in [0.15, 0.2) is 22.6 Å². The Morgan fingerprint density at radius 1 is 1.18 bits per heavy atom. The summed E-state index contributed by atoms with van der Waals surface area (Å²) in [6.45, 7) is 3.08. The van der Waals surface area contributed by atoms with Crippen LogP contribution in [0.2, 0.25) is 0 Å². The van der Waals surface area contributed by atoms with Gasteiger partial charge in [-0.3, -0.25) is 9.59 Å². The van der Waals surface area contributed by atoms with Gasteiger partial charge in [0.05, 0.1) is 0 Å². The Morgan fingerprint density at radius 2 is 1.91 bits per heavy atom. The molecule has 0 radical (unpaired) electrons. The molecule has 6 heteroatoms. The molecule has 0 bridgehead atoms. The zero-order valence-corrected chi connectivity index (χ0v) is 12.6. The van der Waals surface area contributed by atoms with E-state index in [9.17, 15) is 9.59 Å². The number of nitrogens with one attached hydrogen (secondary N) is 1. The van der Waals surface area contributed by atoms with Crippen LogP contribution in [0.1, 0.15) is 31.6 Å². The zero-order chi connectivity index (χ0) is 15.5. The second-order valence-corrected chi connectivity index (χ2v) is 5.58. The van der Waals surface area contributed by atoms with Crippen molar-refractivity contribution in [2.45, 2.75) is 32.6 Å². The lowest BCUT2D eigenvalue weighted by molar-refractivity contribution is -0.143. The fourth-order valence-electron chi connectivity index (χ4n) is 2.72. The third-order valence-corrected chi connectivity index (χ3v) is 3.84. The van der Waals surface area contributed by atoms with E-state index in [1.807, 2.05) is 0 Å². The lowest BCUT2D eigenvalue weighted by atomic mass is 10.2. The van der Waals surface area contributed by atoms with Gasteiger partial charge in [0, 0.05) is 31.8 Å². The van der Waals surface area contributed by atoms with E-state index in [-0.39, 0.29) is 0 Å². The second-order valence-electron chi connectivity index (χ2n) is 5.58. The number of nitrogens with zero attached hydrogens (tertiary/aromatic N) is 2. The quantitative estimate of drug-likeness (QED) is 0.821. The molecule has 1 aromatic carbocycles. The molecule has 2 amide bonds. The van der Waals surface area contributed by atoms with Crippen molar-refractivity contribution in [3.05, 3.63) is 24.1 Å². The van der Waals surface area contributed by atoms with E-state index in [1.165, 1.54) is 0 Å². The van der Waals surface area contributed by atoms with Crippen LogP contribution in [0.3, 0.4) is 0 Å². The van der Waals surface area contributed by atoms with Crippen LogP contribution in [0, 0.1) is 6.92 Å². The van der Waals surface area contributed by atoms with Crippen molar-refractivity contribution >= 4 is 28.6 Å². The Morgan fingerprint density at radius 3 is 2.64 bits per heavy atom. The smallest absolute Gasteiger partial charge is 0.313 e. The molecule has 0 aliphatic carbocycles. The van der Waals surface area contributed by atoms with Gasteiger partial charge in [-0.25, -0.2) is 4.98 Å². The van der Waals surface area contributed by atoms with Gasteiger partial charge in [0.1, 0.15) is 5.52 Å². The average Bonchev–Trinajstić information content (AvgIpc) is 2.71. The van der Waals surface area contributed by atoms with Gasteiger partial charge in [0.2, 0.25) is 0 Å². The maximum atomic E-state index is 12.2. The van der Waals surface area contributed by atoms with E-state index >= 15 is 0 Å². The highest BCUT2D eigenvalue weighted by atomic mass is 16.3. The molecule has 22 heavy (non-hydrogen) atoms. The van der Waals surface area contributed by atoms with Crippen LogP contribution in [-0.2, 0) is 9.59 Å². The zero-order valence-electron chi connectivity index (χ0n) is 12.6. The number of anilines is 1. The van der Waals surface area contributed by atoms with Gasteiger partial charge in [-0.1, -0.05) is 12.8 Å². The summed E-state index contributed by atoms with van der Waals surface area (Å²) < 4.78 is 5.43. The summed E-state index contributed by atoms with van der Waals surface area (Å²) in [5.74, 6) is -0.493. The number of hydrogen-bond donors (Lipinski definition) is 1. The summed E-state index contributed by atoms with van der Waals surface area (Å²) >= 11 is 0. The molecular weight excluding hydrogens is 282 g/mol. The summed E-state index contributed by atoms with van der Waals surface area (Å²) in [6.07, 6.45) is 4.16. The highest BCUT2D eigenvalue weighted by Gasteiger charge is 2.22. The molecule has 0 spiro atoms. The number of oxazole rings is 1.